The van der Waals surface area contributed by atoms with Gasteiger partial charge in [-0.05, 0) is 61.4 Å². The minimum Gasteiger partial charge on any atom is -0.508 e. The monoisotopic (exact) mass is 595 g/mol. The maximum absolute atomic E-state index is 13.1. The first kappa shape index (κ1) is 29.6. The lowest BCUT2D eigenvalue weighted by atomic mass is 10.0. The van der Waals surface area contributed by atoms with E-state index in [1.54, 1.807) is 26.2 Å². The van der Waals surface area contributed by atoms with E-state index in [0.29, 0.717) is 34.7 Å². The van der Waals surface area contributed by atoms with E-state index in [4.69, 9.17) is 9.72 Å². The number of carbonyl (C=O) groups excluding carboxylic acids is 1. The highest BCUT2D eigenvalue weighted by atomic mass is 32.1. The second-order valence-corrected chi connectivity index (χ2v) is 11.4. The van der Waals surface area contributed by atoms with Crippen LogP contribution in [0, 0.1) is 6.92 Å². The molecule has 220 valence electrons. The van der Waals surface area contributed by atoms with Crippen molar-refractivity contribution in [2.24, 2.45) is 0 Å². The van der Waals surface area contributed by atoms with E-state index in [1.165, 1.54) is 29.5 Å². The highest BCUT2D eigenvalue weighted by Crippen LogP contribution is 2.35. The number of anilines is 1. The molecule has 1 N–H and O–H groups in total. The molecule has 1 aliphatic heterocycles. The largest absolute Gasteiger partial charge is 0.508 e. The van der Waals surface area contributed by atoms with Gasteiger partial charge in [-0.15, -0.1) is 11.3 Å². The van der Waals surface area contributed by atoms with Gasteiger partial charge in [-0.1, -0.05) is 24.3 Å². The van der Waals surface area contributed by atoms with Crippen molar-refractivity contribution in [1.82, 2.24) is 9.88 Å². The fourth-order valence-corrected chi connectivity index (χ4v) is 6.15. The number of hydrogen-bond donors (Lipinski definition) is 1. The van der Waals surface area contributed by atoms with Crippen LogP contribution in [0.5, 0.6) is 11.5 Å². The first-order valence-corrected chi connectivity index (χ1v) is 14.5. The third-order valence-electron chi connectivity index (χ3n) is 7.51. The number of thiazole rings is 1. The molecule has 1 aliphatic rings. The van der Waals surface area contributed by atoms with Gasteiger partial charge in [0, 0.05) is 55.1 Å². The van der Waals surface area contributed by atoms with E-state index in [-0.39, 0.29) is 18.0 Å². The predicted molar refractivity (Wildman–Crippen MR) is 159 cm³/mol. The van der Waals surface area contributed by atoms with Crippen molar-refractivity contribution < 1.29 is 27.8 Å². The summed E-state index contributed by atoms with van der Waals surface area (Å²) in [4.78, 5) is 23.4. The second-order valence-electron chi connectivity index (χ2n) is 10.3. The third kappa shape index (κ3) is 6.77. The van der Waals surface area contributed by atoms with E-state index in [2.05, 4.69) is 15.9 Å². The summed E-state index contributed by atoms with van der Waals surface area (Å²) < 4.78 is 44.9. The van der Waals surface area contributed by atoms with Gasteiger partial charge in [0.25, 0.3) is 0 Å². The Hall–Kier alpha value is -3.89. The number of hydrogen-bond acceptors (Lipinski definition) is 7. The molecule has 0 radical (unpaired) electrons. The van der Waals surface area contributed by atoms with E-state index < -0.39 is 11.7 Å². The minimum absolute atomic E-state index is 0.0426. The SMILES string of the molecule is COc1ccccc1N1CCN(Cc2nc(-c3ccc(C(F)(F)F)cc3)sc2CCC(=O)c2ccc(O)c(C)c2)CC1. The van der Waals surface area contributed by atoms with Crippen LogP contribution < -0.4 is 9.64 Å². The van der Waals surface area contributed by atoms with Crippen molar-refractivity contribution in [3.05, 3.63) is 94.0 Å². The Balaban J connectivity index is 1.33. The number of phenols is 1. The number of halogens is 3. The molecule has 0 unspecified atom stereocenters. The van der Waals surface area contributed by atoms with Gasteiger partial charge in [-0.2, -0.15) is 13.2 Å². The molecule has 0 amide bonds. The van der Waals surface area contributed by atoms with Gasteiger partial charge in [0.2, 0.25) is 0 Å². The number of phenolic OH excluding ortho intramolecular Hbond substituents is 1. The zero-order valence-corrected chi connectivity index (χ0v) is 24.3. The van der Waals surface area contributed by atoms with E-state index in [9.17, 15) is 23.1 Å². The van der Waals surface area contributed by atoms with Crippen molar-refractivity contribution >= 4 is 22.8 Å². The maximum Gasteiger partial charge on any atom is 0.416 e. The Morgan fingerprint density at radius 3 is 2.40 bits per heavy atom. The normalized spacial score (nSPS) is 14.3. The molecule has 4 aromatic rings. The van der Waals surface area contributed by atoms with Crippen molar-refractivity contribution in [3.8, 4) is 22.1 Å². The molecule has 1 fully saturated rings. The predicted octanol–water partition coefficient (Wildman–Crippen LogP) is 6.99. The average Bonchev–Trinajstić information content (AvgIpc) is 3.39. The average molecular weight is 596 g/mol. The van der Waals surface area contributed by atoms with Gasteiger partial charge in [-0.3, -0.25) is 9.69 Å². The van der Waals surface area contributed by atoms with Gasteiger partial charge < -0.3 is 14.7 Å². The van der Waals surface area contributed by atoms with Crippen LogP contribution in [0.25, 0.3) is 10.6 Å². The lowest BCUT2D eigenvalue weighted by Gasteiger charge is -2.36. The van der Waals surface area contributed by atoms with Crippen molar-refractivity contribution in [2.75, 3.05) is 38.2 Å². The van der Waals surface area contributed by atoms with Gasteiger partial charge in [0.05, 0.1) is 24.1 Å². The molecule has 5 rings (SSSR count). The number of aromatic hydroxyl groups is 1. The van der Waals surface area contributed by atoms with Gasteiger partial charge >= 0.3 is 6.18 Å². The molecule has 1 saturated heterocycles. The van der Waals surface area contributed by atoms with Crippen molar-refractivity contribution in [1.29, 1.82) is 0 Å². The number of carbonyl (C=O) groups is 1. The summed E-state index contributed by atoms with van der Waals surface area (Å²) >= 11 is 1.42. The smallest absolute Gasteiger partial charge is 0.416 e. The van der Waals surface area contributed by atoms with Crippen molar-refractivity contribution in [3.63, 3.8) is 0 Å². The summed E-state index contributed by atoms with van der Waals surface area (Å²) in [6.07, 6.45) is -3.68. The number of ketones is 1. The zero-order valence-electron chi connectivity index (χ0n) is 23.4. The molecule has 1 aromatic heterocycles. The fourth-order valence-electron chi connectivity index (χ4n) is 5.08. The molecule has 42 heavy (non-hydrogen) atoms. The number of para-hydroxylation sites is 2. The van der Waals surface area contributed by atoms with Crippen LogP contribution in [0.4, 0.5) is 18.9 Å². The van der Waals surface area contributed by atoms with Crippen LogP contribution in [0.15, 0.2) is 66.7 Å². The molecule has 0 spiro atoms. The first-order chi connectivity index (χ1) is 20.1. The molecule has 0 aliphatic carbocycles. The van der Waals surface area contributed by atoms with Crippen LogP contribution in [-0.4, -0.2) is 54.1 Å². The summed E-state index contributed by atoms with van der Waals surface area (Å²) in [5.41, 5.74) is 2.98. The van der Waals surface area contributed by atoms with Crippen LogP contribution in [0.3, 0.4) is 0 Å². The number of piperazine rings is 1. The van der Waals surface area contributed by atoms with E-state index in [0.717, 1.165) is 60.3 Å². The lowest BCUT2D eigenvalue weighted by Crippen LogP contribution is -2.46. The molecular formula is C32H32F3N3O3S. The van der Waals surface area contributed by atoms with Crippen LogP contribution >= 0.6 is 11.3 Å². The van der Waals surface area contributed by atoms with Gasteiger partial charge in [0.15, 0.2) is 5.78 Å². The van der Waals surface area contributed by atoms with E-state index in [1.807, 2.05) is 18.2 Å². The fraction of sp³-hybridized carbons (Fsp3) is 0.312. The summed E-state index contributed by atoms with van der Waals surface area (Å²) in [6.45, 7) is 5.55. The van der Waals surface area contributed by atoms with Gasteiger partial charge in [-0.25, -0.2) is 4.98 Å². The molecule has 10 heteroatoms. The third-order valence-corrected chi connectivity index (χ3v) is 8.71. The van der Waals surface area contributed by atoms with Crippen molar-refractivity contribution in [2.45, 2.75) is 32.5 Å². The number of benzene rings is 3. The Kier molecular flexibility index (Phi) is 8.84. The van der Waals surface area contributed by atoms with Crippen LogP contribution in [0.1, 0.15) is 38.5 Å². The summed E-state index contributed by atoms with van der Waals surface area (Å²) in [5.74, 6) is 0.935. The zero-order chi connectivity index (χ0) is 29.9. The van der Waals surface area contributed by atoms with Crippen LogP contribution in [-0.2, 0) is 19.1 Å². The molecule has 3 aromatic carbocycles. The first-order valence-electron chi connectivity index (χ1n) is 13.7. The number of alkyl halides is 3. The number of rotatable bonds is 9. The summed E-state index contributed by atoms with van der Waals surface area (Å²) in [7, 11) is 1.67. The molecule has 6 nitrogen and oxygen atoms in total. The lowest BCUT2D eigenvalue weighted by molar-refractivity contribution is -0.137. The molecule has 0 atom stereocenters. The quantitative estimate of drug-likeness (QED) is 0.211. The Morgan fingerprint density at radius 2 is 1.74 bits per heavy atom. The van der Waals surface area contributed by atoms with Crippen LogP contribution in [0.2, 0.25) is 0 Å². The summed E-state index contributed by atoms with van der Waals surface area (Å²) in [5, 5.41) is 10.4. The van der Waals surface area contributed by atoms with Gasteiger partial charge in [0.1, 0.15) is 16.5 Å². The molecule has 0 bridgehead atoms. The minimum atomic E-state index is -4.41. The number of methoxy groups -OCH3 is 1. The molecule has 2 heterocycles. The highest BCUT2D eigenvalue weighted by Gasteiger charge is 2.30. The standard InChI is InChI=1S/C32H32F3N3O3S/c1-21-19-23(9-12-27(21)39)28(40)13-14-30-25(36-31(42-30)22-7-10-24(11-8-22)32(33,34)35)20-37-15-17-38(18-16-37)26-5-3-4-6-29(26)41-2/h3-12,19,39H,13-18,20H2,1-2H3. The second kappa shape index (κ2) is 12.5. The Bertz CT molecular complexity index is 1540. The summed E-state index contributed by atoms with van der Waals surface area (Å²) in [6, 6.07) is 17.8. The maximum atomic E-state index is 13.1. The highest BCUT2D eigenvalue weighted by molar-refractivity contribution is 7.15. The number of aryl methyl sites for hydroxylation is 2. The number of aromatic nitrogens is 1. The Labute approximate surface area is 247 Å². The topological polar surface area (TPSA) is 65.9 Å². The number of Topliss-reactive ketones (excluding diaryl/α,β-unsaturated/α-hetero) is 1. The molecule has 0 saturated carbocycles. The number of nitrogens with zero attached hydrogens (tertiary/aromatic N) is 3. The molecular weight excluding hydrogens is 563 g/mol. The number of ether oxygens (including phenoxy) is 1. The Morgan fingerprint density at radius 1 is 1.02 bits per heavy atom. The van der Waals surface area contributed by atoms with E-state index >= 15 is 0 Å².